The Morgan fingerprint density at radius 1 is 1.27 bits per heavy atom. The van der Waals surface area contributed by atoms with Crippen LogP contribution in [0.25, 0.3) is 0 Å². The summed E-state index contributed by atoms with van der Waals surface area (Å²) in [7, 11) is 0. The molecule has 2 heterocycles. The van der Waals surface area contributed by atoms with E-state index in [2.05, 4.69) is 17.2 Å². The fourth-order valence-electron chi connectivity index (χ4n) is 3.15. The number of aromatic nitrogens is 1. The van der Waals surface area contributed by atoms with Gasteiger partial charge in [-0.3, -0.25) is 4.98 Å². The molecule has 0 bridgehead atoms. The molecule has 3 unspecified atom stereocenters. The molecule has 22 heavy (non-hydrogen) atoms. The summed E-state index contributed by atoms with van der Waals surface area (Å²) in [6.45, 7) is 4.75. The molecule has 2 N–H and O–H groups in total. The fourth-order valence-corrected chi connectivity index (χ4v) is 3.15. The quantitative estimate of drug-likeness (QED) is 0.916. The summed E-state index contributed by atoms with van der Waals surface area (Å²) in [5, 5.41) is 14.3. The van der Waals surface area contributed by atoms with Gasteiger partial charge in [0.25, 0.3) is 0 Å². The van der Waals surface area contributed by atoms with Crippen molar-refractivity contribution in [1.29, 1.82) is 0 Å². The summed E-state index contributed by atoms with van der Waals surface area (Å²) in [5.41, 5.74) is 0.193. The third-order valence-electron chi connectivity index (χ3n) is 4.45. The van der Waals surface area contributed by atoms with Crippen molar-refractivity contribution in [3.05, 3.63) is 72.7 Å². The highest BCUT2D eigenvalue weighted by atomic mass is 19.1. The van der Waals surface area contributed by atoms with Gasteiger partial charge in [0.05, 0.1) is 11.3 Å². The molecule has 3 nitrogen and oxygen atoms in total. The van der Waals surface area contributed by atoms with Gasteiger partial charge in [-0.05, 0) is 62.1 Å². The molecule has 0 amide bonds. The maximum Gasteiger partial charge on any atom is 0.123 e. The van der Waals surface area contributed by atoms with E-state index in [-0.39, 0.29) is 17.8 Å². The molecule has 1 aromatic heterocycles. The summed E-state index contributed by atoms with van der Waals surface area (Å²) in [5.74, 6) is -0.405. The van der Waals surface area contributed by atoms with E-state index in [0.717, 1.165) is 18.7 Å². The van der Waals surface area contributed by atoms with Gasteiger partial charge >= 0.3 is 0 Å². The van der Waals surface area contributed by atoms with Gasteiger partial charge < -0.3 is 10.4 Å². The molecule has 1 aliphatic rings. The van der Waals surface area contributed by atoms with E-state index in [4.69, 9.17) is 0 Å². The lowest BCUT2D eigenvalue weighted by Gasteiger charge is -2.39. The molecule has 0 spiro atoms. The number of rotatable bonds is 3. The number of nitrogens with one attached hydrogen (secondary N) is 1. The van der Waals surface area contributed by atoms with Gasteiger partial charge in [-0.25, -0.2) is 4.39 Å². The van der Waals surface area contributed by atoms with Crippen molar-refractivity contribution in [2.45, 2.75) is 24.5 Å². The fraction of sp³-hybridized carbons (Fsp3) is 0.333. The lowest BCUT2D eigenvalue weighted by Crippen LogP contribution is -2.41. The van der Waals surface area contributed by atoms with Crippen LogP contribution in [-0.4, -0.2) is 16.6 Å². The predicted molar refractivity (Wildman–Crippen MR) is 83.4 cm³/mol. The van der Waals surface area contributed by atoms with Crippen molar-refractivity contribution in [1.82, 2.24) is 10.3 Å². The Hall–Kier alpha value is -1.78. The van der Waals surface area contributed by atoms with Crippen LogP contribution in [0.2, 0.25) is 0 Å². The van der Waals surface area contributed by atoms with Crippen LogP contribution < -0.4 is 5.32 Å². The SMILES string of the molecule is [CH2]C(O)(c1cccc(F)c1)C1CCNC(c2ccccn2)C1. The Bertz CT molecular complexity index is 630. The van der Waals surface area contributed by atoms with E-state index in [1.165, 1.54) is 12.1 Å². The molecule has 115 valence electrons. The molecular weight excluding hydrogens is 279 g/mol. The van der Waals surface area contributed by atoms with Crippen molar-refractivity contribution in [2.75, 3.05) is 6.54 Å². The Kier molecular flexibility index (Phi) is 4.23. The summed E-state index contributed by atoms with van der Waals surface area (Å²) < 4.78 is 13.4. The van der Waals surface area contributed by atoms with Crippen molar-refractivity contribution in [2.24, 2.45) is 5.92 Å². The van der Waals surface area contributed by atoms with Crippen LogP contribution in [-0.2, 0) is 5.60 Å². The van der Waals surface area contributed by atoms with Gasteiger partial charge in [-0.1, -0.05) is 18.2 Å². The number of nitrogens with zero attached hydrogens (tertiary/aromatic N) is 1. The van der Waals surface area contributed by atoms with E-state index in [0.29, 0.717) is 12.0 Å². The highest BCUT2D eigenvalue weighted by Gasteiger charge is 2.38. The van der Waals surface area contributed by atoms with E-state index < -0.39 is 5.60 Å². The number of pyridine rings is 1. The first kappa shape index (κ1) is 15.1. The summed E-state index contributed by atoms with van der Waals surface area (Å²) >= 11 is 0. The largest absolute Gasteiger partial charge is 0.385 e. The van der Waals surface area contributed by atoms with Crippen LogP contribution in [0.3, 0.4) is 0 Å². The number of benzene rings is 1. The van der Waals surface area contributed by atoms with Gasteiger partial charge in [-0.2, -0.15) is 0 Å². The zero-order chi connectivity index (χ0) is 15.6. The summed E-state index contributed by atoms with van der Waals surface area (Å²) in [6.07, 6.45) is 3.27. The average molecular weight is 299 g/mol. The number of aliphatic hydroxyl groups is 1. The summed E-state index contributed by atoms with van der Waals surface area (Å²) in [6, 6.07) is 12.0. The van der Waals surface area contributed by atoms with Crippen LogP contribution in [0.15, 0.2) is 48.7 Å². The zero-order valence-corrected chi connectivity index (χ0v) is 12.4. The molecule has 3 rings (SSSR count). The second kappa shape index (κ2) is 6.15. The van der Waals surface area contributed by atoms with Crippen LogP contribution in [0.4, 0.5) is 4.39 Å². The topological polar surface area (TPSA) is 45.1 Å². The van der Waals surface area contributed by atoms with Crippen LogP contribution in [0, 0.1) is 18.7 Å². The lowest BCUT2D eigenvalue weighted by molar-refractivity contribution is -0.00131. The van der Waals surface area contributed by atoms with E-state index in [1.54, 1.807) is 18.3 Å². The maximum absolute atomic E-state index is 13.4. The third kappa shape index (κ3) is 3.03. The van der Waals surface area contributed by atoms with Gasteiger partial charge in [0, 0.05) is 12.2 Å². The van der Waals surface area contributed by atoms with Crippen molar-refractivity contribution < 1.29 is 9.50 Å². The minimum absolute atomic E-state index is 0.0532. The number of piperidine rings is 1. The Labute approximate surface area is 130 Å². The Morgan fingerprint density at radius 3 is 2.86 bits per heavy atom. The third-order valence-corrected chi connectivity index (χ3v) is 4.45. The van der Waals surface area contributed by atoms with Gasteiger partial charge in [0.15, 0.2) is 0 Å². The van der Waals surface area contributed by atoms with Crippen molar-refractivity contribution >= 4 is 0 Å². The molecule has 0 aliphatic carbocycles. The van der Waals surface area contributed by atoms with Crippen molar-refractivity contribution in [3.63, 3.8) is 0 Å². The van der Waals surface area contributed by atoms with Crippen LogP contribution >= 0.6 is 0 Å². The average Bonchev–Trinajstić information content (AvgIpc) is 2.56. The molecule has 3 atom stereocenters. The van der Waals surface area contributed by atoms with Crippen LogP contribution in [0.5, 0.6) is 0 Å². The van der Waals surface area contributed by atoms with Crippen molar-refractivity contribution in [3.8, 4) is 0 Å². The number of halogens is 1. The van der Waals surface area contributed by atoms with E-state index >= 15 is 0 Å². The highest BCUT2D eigenvalue weighted by Crippen LogP contribution is 2.39. The molecule has 4 heteroatoms. The second-order valence-electron chi connectivity index (χ2n) is 5.92. The minimum atomic E-state index is -1.29. The molecule has 0 saturated carbocycles. The molecule has 1 saturated heterocycles. The molecular formula is C18H20FN2O. The smallest absolute Gasteiger partial charge is 0.123 e. The van der Waals surface area contributed by atoms with Crippen LogP contribution in [0.1, 0.15) is 30.1 Å². The number of hydrogen-bond donors (Lipinski definition) is 2. The minimum Gasteiger partial charge on any atom is -0.385 e. The predicted octanol–water partition coefficient (Wildman–Crippen LogP) is 2.98. The summed E-state index contributed by atoms with van der Waals surface area (Å²) in [4.78, 5) is 4.38. The first-order chi connectivity index (χ1) is 10.6. The Morgan fingerprint density at radius 2 is 2.14 bits per heavy atom. The van der Waals surface area contributed by atoms with Gasteiger partial charge in [-0.15, -0.1) is 0 Å². The number of hydrogen-bond acceptors (Lipinski definition) is 3. The van der Waals surface area contributed by atoms with E-state index in [9.17, 15) is 9.50 Å². The molecule has 1 radical (unpaired) electrons. The standard InChI is InChI=1S/C18H20FN2O/c1-18(22,13-5-4-6-15(19)11-13)14-8-10-21-17(12-14)16-7-2-3-9-20-16/h2-7,9,11,14,17,21-22H,1,8,10,12H2. The molecule has 1 fully saturated rings. The first-order valence-electron chi connectivity index (χ1n) is 7.55. The van der Waals surface area contributed by atoms with Gasteiger partial charge in [0.1, 0.15) is 5.82 Å². The Balaban J connectivity index is 1.82. The zero-order valence-electron chi connectivity index (χ0n) is 12.4. The normalized spacial score (nSPS) is 24.7. The first-order valence-corrected chi connectivity index (χ1v) is 7.55. The highest BCUT2D eigenvalue weighted by molar-refractivity contribution is 5.26. The molecule has 2 aromatic rings. The van der Waals surface area contributed by atoms with Gasteiger partial charge in [0.2, 0.25) is 0 Å². The lowest BCUT2D eigenvalue weighted by atomic mass is 9.75. The monoisotopic (exact) mass is 299 g/mol. The molecule has 1 aliphatic heterocycles. The van der Waals surface area contributed by atoms with E-state index in [1.807, 2.05) is 18.2 Å². The maximum atomic E-state index is 13.4. The molecule has 1 aromatic carbocycles. The second-order valence-corrected chi connectivity index (χ2v) is 5.92.